The maximum absolute atomic E-state index is 10.7. The molecule has 1 aromatic rings. The highest BCUT2D eigenvalue weighted by Gasteiger charge is 2.00. The van der Waals surface area contributed by atoms with Crippen LogP contribution in [0.5, 0.6) is 11.5 Å². The topological polar surface area (TPSA) is 83.8 Å². The van der Waals surface area contributed by atoms with Crippen molar-refractivity contribution < 1.29 is 24.5 Å². The first-order valence-corrected chi connectivity index (χ1v) is 6.14. The van der Waals surface area contributed by atoms with Crippen LogP contribution in [0.25, 0.3) is 0 Å². The molecule has 0 saturated carbocycles. The summed E-state index contributed by atoms with van der Waals surface area (Å²) in [4.78, 5) is 20.5. The van der Waals surface area contributed by atoms with Gasteiger partial charge < -0.3 is 19.7 Å². The van der Waals surface area contributed by atoms with E-state index >= 15 is 0 Å². The van der Waals surface area contributed by atoms with Crippen LogP contribution in [-0.4, -0.2) is 29.1 Å². The van der Waals surface area contributed by atoms with E-state index in [1.807, 2.05) is 0 Å². The molecule has 5 nitrogen and oxygen atoms in total. The fourth-order valence-corrected chi connectivity index (χ4v) is 1.10. The minimum absolute atomic E-state index is 0.0301. The van der Waals surface area contributed by atoms with Crippen molar-refractivity contribution >= 4 is 12.3 Å². The standard InChI is InChI=1S/C8H12O3.C7H8O2/c1-7(2)8(10)11-6-4-3-5-9;1-5-3-2-4-6(8)7(5)9/h5H,1,3-4,6H2,2H3;2-4,8-9H,1H3. The van der Waals surface area contributed by atoms with E-state index in [1.165, 1.54) is 6.07 Å². The Morgan fingerprint density at radius 1 is 1.40 bits per heavy atom. The Hall–Kier alpha value is -2.30. The molecule has 0 amide bonds. The summed E-state index contributed by atoms with van der Waals surface area (Å²) in [5.41, 5.74) is 1.08. The van der Waals surface area contributed by atoms with Gasteiger partial charge in [-0.1, -0.05) is 18.7 Å². The Labute approximate surface area is 118 Å². The number of para-hydroxylation sites is 1. The van der Waals surface area contributed by atoms with E-state index in [1.54, 1.807) is 26.0 Å². The molecule has 20 heavy (non-hydrogen) atoms. The molecule has 0 radical (unpaired) electrons. The van der Waals surface area contributed by atoms with Gasteiger partial charge in [-0.05, 0) is 31.9 Å². The Morgan fingerprint density at radius 2 is 2.05 bits per heavy atom. The zero-order chi connectivity index (χ0) is 15.5. The monoisotopic (exact) mass is 280 g/mol. The van der Waals surface area contributed by atoms with Crippen molar-refractivity contribution in [2.45, 2.75) is 26.7 Å². The molecule has 0 unspecified atom stereocenters. The van der Waals surface area contributed by atoms with Gasteiger partial charge in [0.25, 0.3) is 0 Å². The molecule has 1 rings (SSSR count). The first-order valence-electron chi connectivity index (χ1n) is 6.14. The van der Waals surface area contributed by atoms with Crippen molar-refractivity contribution in [2.75, 3.05) is 6.61 Å². The lowest BCUT2D eigenvalue weighted by Crippen LogP contribution is -2.06. The minimum atomic E-state index is -0.393. The molecular formula is C15H20O5. The third kappa shape index (κ3) is 7.20. The van der Waals surface area contributed by atoms with Crippen molar-refractivity contribution in [3.8, 4) is 11.5 Å². The zero-order valence-electron chi connectivity index (χ0n) is 11.8. The van der Waals surface area contributed by atoms with Crippen LogP contribution < -0.4 is 0 Å². The van der Waals surface area contributed by atoms with Gasteiger partial charge in [0.05, 0.1) is 6.61 Å². The van der Waals surface area contributed by atoms with Gasteiger partial charge in [-0.15, -0.1) is 0 Å². The van der Waals surface area contributed by atoms with Crippen LogP contribution in [0.2, 0.25) is 0 Å². The number of phenols is 2. The number of unbranched alkanes of at least 4 members (excludes halogenated alkanes) is 1. The zero-order valence-corrected chi connectivity index (χ0v) is 11.8. The molecule has 0 aliphatic heterocycles. The second-order valence-electron chi connectivity index (χ2n) is 4.17. The maximum Gasteiger partial charge on any atom is 0.333 e. The summed E-state index contributed by atoms with van der Waals surface area (Å²) in [6.45, 7) is 7.02. The largest absolute Gasteiger partial charge is 0.504 e. The summed E-state index contributed by atoms with van der Waals surface area (Å²) in [6, 6.07) is 4.86. The van der Waals surface area contributed by atoms with E-state index in [9.17, 15) is 9.59 Å². The SMILES string of the molecule is C=C(C)C(=O)OCCCC=O.Cc1cccc(O)c1O. The lowest BCUT2D eigenvalue weighted by Gasteiger charge is -2.00. The van der Waals surface area contributed by atoms with Crippen LogP contribution in [0.4, 0.5) is 0 Å². The average Bonchev–Trinajstić information content (AvgIpc) is 2.41. The van der Waals surface area contributed by atoms with Gasteiger partial charge in [-0.25, -0.2) is 4.79 Å². The molecule has 2 N–H and O–H groups in total. The first-order chi connectivity index (χ1) is 9.40. The highest BCUT2D eigenvalue weighted by atomic mass is 16.5. The number of ether oxygens (including phenoxy) is 1. The summed E-state index contributed by atoms with van der Waals surface area (Å²) in [5, 5.41) is 17.8. The third-order valence-electron chi connectivity index (χ3n) is 2.26. The van der Waals surface area contributed by atoms with Crippen LogP contribution in [0.3, 0.4) is 0 Å². The number of carbonyl (C=O) groups is 2. The Kier molecular flexibility index (Phi) is 8.50. The number of carbonyl (C=O) groups excluding carboxylic acids is 2. The highest BCUT2D eigenvalue weighted by molar-refractivity contribution is 5.86. The fraction of sp³-hybridized carbons (Fsp3) is 0.333. The molecule has 0 atom stereocenters. The number of rotatable bonds is 5. The summed E-state index contributed by atoms with van der Waals surface area (Å²) in [5.74, 6) is -0.483. The lowest BCUT2D eigenvalue weighted by molar-refractivity contribution is -0.139. The molecular weight excluding hydrogens is 260 g/mol. The quantitative estimate of drug-likeness (QED) is 0.284. The number of phenolic OH excluding ortho intramolecular Hbond substituents is 2. The average molecular weight is 280 g/mol. The molecule has 0 aliphatic rings. The van der Waals surface area contributed by atoms with Crippen molar-refractivity contribution in [3.63, 3.8) is 0 Å². The van der Waals surface area contributed by atoms with Gasteiger partial charge in [0.15, 0.2) is 11.5 Å². The summed E-state index contributed by atoms with van der Waals surface area (Å²) in [6.07, 6.45) is 1.82. The van der Waals surface area contributed by atoms with Gasteiger partial charge in [-0.3, -0.25) is 0 Å². The van der Waals surface area contributed by atoms with E-state index in [0.29, 0.717) is 30.6 Å². The van der Waals surface area contributed by atoms with Crippen LogP contribution in [0.1, 0.15) is 25.3 Å². The smallest absolute Gasteiger partial charge is 0.333 e. The third-order valence-corrected chi connectivity index (χ3v) is 2.26. The normalized spacial score (nSPS) is 9.10. The van der Waals surface area contributed by atoms with E-state index in [0.717, 1.165) is 6.29 Å². The lowest BCUT2D eigenvalue weighted by atomic mass is 10.2. The van der Waals surface area contributed by atoms with Crippen molar-refractivity contribution in [3.05, 3.63) is 35.9 Å². The van der Waals surface area contributed by atoms with Gasteiger partial charge in [0, 0.05) is 12.0 Å². The Morgan fingerprint density at radius 3 is 2.50 bits per heavy atom. The summed E-state index contributed by atoms with van der Waals surface area (Å²) in [7, 11) is 0. The molecule has 0 spiro atoms. The molecule has 110 valence electrons. The van der Waals surface area contributed by atoms with Crippen LogP contribution in [-0.2, 0) is 14.3 Å². The molecule has 0 aromatic heterocycles. The molecule has 5 heteroatoms. The molecule has 0 bridgehead atoms. The van der Waals surface area contributed by atoms with Crippen molar-refractivity contribution in [1.82, 2.24) is 0 Å². The molecule has 1 aromatic carbocycles. The summed E-state index contributed by atoms with van der Waals surface area (Å²) >= 11 is 0. The number of aldehydes is 1. The number of benzene rings is 1. The molecule has 0 fully saturated rings. The predicted octanol–water partition coefficient (Wildman–Crippen LogP) is 2.49. The number of hydrogen-bond donors (Lipinski definition) is 2. The van der Waals surface area contributed by atoms with Gasteiger partial charge >= 0.3 is 5.97 Å². The van der Waals surface area contributed by atoms with Crippen LogP contribution >= 0.6 is 0 Å². The van der Waals surface area contributed by atoms with Crippen molar-refractivity contribution in [1.29, 1.82) is 0 Å². The number of hydrogen-bond acceptors (Lipinski definition) is 5. The van der Waals surface area contributed by atoms with E-state index < -0.39 is 5.97 Å². The first kappa shape index (κ1) is 17.7. The fourth-order valence-electron chi connectivity index (χ4n) is 1.10. The second kappa shape index (κ2) is 9.61. The molecule has 0 aliphatic carbocycles. The van der Waals surface area contributed by atoms with E-state index in [4.69, 9.17) is 14.9 Å². The predicted molar refractivity (Wildman–Crippen MR) is 75.6 cm³/mol. The molecule has 0 heterocycles. The Bertz CT molecular complexity index is 445. The van der Waals surface area contributed by atoms with Gasteiger partial charge in [0.2, 0.25) is 0 Å². The summed E-state index contributed by atoms with van der Waals surface area (Å²) < 4.78 is 4.71. The van der Waals surface area contributed by atoms with Crippen molar-refractivity contribution in [2.24, 2.45) is 0 Å². The second-order valence-corrected chi connectivity index (χ2v) is 4.17. The number of aryl methyl sites for hydroxylation is 1. The number of esters is 1. The van der Waals surface area contributed by atoms with Gasteiger partial charge in [0.1, 0.15) is 6.29 Å². The van der Waals surface area contributed by atoms with Crippen LogP contribution in [0, 0.1) is 6.92 Å². The van der Waals surface area contributed by atoms with Gasteiger partial charge in [-0.2, -0.15) is 0 Å². The Balaban J connectivity index is 0.000000367. The van der Waals surface area contributed by atoms with E-state index in [-0.39, 0.29) is 11.5 Å². The number of aromatic hydroxyl groups is 2. The van der Waals surface area contributed by atoms with Crippen LogP contribution in [0.15, 0.2) is 30.4 Å². The molecule has 0 saturated heterocycles. The van der Waals surface area contributed by atoms with E-state index in [2.05, 4.69) is 6.58 Å². The highest BCUT2D eigenvalue weighted by Crippen LogP contribution is 2.26. The maximum atomic E-state index is 10.7. The minimum Gasteiger partial charge on any atom is -0.504 e.